The van der Waals surface area contributed by atoms with Crippen LogP contribution in [-0.2, 0) is 4.79 Å². The van der Waals surface area contributed by atoms with Gasteiger partial charge < -0.3 is 4.74 Å². The summed E-state index contributed by atoms with van der Waals surface area (Å²) >= 11 is 3.36. The minimum atomic E-state index is -0.109. The van der Waals surface area contributed by atoms with Crippen molar-refractivity contribution in [1.82, 2.24) is 4.98 Å². The second-order valence-electron chi connectivity index (χ2n) is 4.95. The zero-order chi connectivity index (χ0) is 14.3. The van der Waals surface area contributed by atoms with Crippen molar-refractivity contribution in [1.29, 1.82) is 0 Å². The van der Waals surface area contributed by atoms with Gasteiger partial charge in [0.15, 0.2) is 0 Å². The lowest BCUT2D eigenvalue weighted by Gasteiger charge is -2.14. The molecule has 3 nitrogen and oxygen atoms in total. The monoisotopic (exact) mass is 305 g/mol. The Bertz CT molecular complexity index is 788. The highest BCUT2D eigenvalue weighted by molar-refractivity contribution is 7.21. The van der Waals surface area contributed by atoms with Crippen molar-refractivity contribution in [2.24, 2.45) is 0 Å². The van der Waals surface area contributed by atoms with Gasteiger partial charge in [0.05, 0.1) is 19.9 Å². The fraction of sp³-hybridized carbons (Fsp3) is 0.333. The number of hydrogen-bond acceptors (Lipinski definition) is 5. The lowest BCUT2D eigenvalue weighted by molar-refractivity contribution is -0.118. The maximum absolute atomic E-state index is 11.2. The van der Waals surface area contributed by atoms with Gasteiger partial charge in [0.25, 0.3) is 0 Å². The molecule has 5 heteroatoms. The second kappa shape index (κ2) is 5.14. The molecule has 3 rings (SSSR count). The maximum Gasteiger partial charge on any atom is 0.133 e. The van der Waals surface area contributed by atoms with E-state index in [0.717, 1.165) is 31.1 Å². The lowest BCUT2D eigenvalue weighted by atomic mass is 10.2. The van der Waals surface area contributed by atoms with E-state index in [1.807, 2.05) is 19.9 Å². The van der Waals surface area contributed by atoms with Crippen molar-refractivity contribution < 1.29 is 9.53 Å². The number of aryl methyl sites for hydroxylation is 1. The van der Waals surface area contributed by atoms with Gasteiger partial charge in [0, 0.05) is 17.9 Å². The summed E-state index contributed by atoms with van der Waals surface area (Å²) in [5.41, 5.74) is 1.06. The molecule has 0 spiro atoms. The quantitative estimate of drug-likeness (QED) is 0.709. The molecule has 3 aromatic rings. The first-order chi connectivity index (χ1) is 9.54. The van der Waals surface area contributed by atoms with Gasteiger partial charge in [0.2, 0.25) is 0 Å². The van der Waals surface area contributed by atoms with Gasteiger partial charge in [-0.3, -0.25) is 4.79 Å². The summed E-state index contributed by atoms with van der Waals surface area (Å²) in [6, 6.07) is 4.11. The first-order valence-corrected chi connectivity index (χ1v) is 8.17. The van der Waals surface area contributed by atoms with Gasteiger partial charge in [-0.2, -0.15) is 0 Å². The maximum atomic E-state index is 11.2. The Balaban J connectivity index is 2.08. The lowest BCUT2D eigenvalue weighted by Crippen LogP contribution is -2.15. The summed E-state index contributed by atoms with van der Waals surface area (Å²) < 4.78 is 8.28. The van der Waals surface area contributed by atoms with Gasteiger partial charge in [-0.05, 0) is 32.2 Å². The molecule has 0 saturated heterocycles. The van der Waals surface area contributed by atoms with E-state index in [2.05, 4.69) is 16.4 Å². The molecule has 0 aliphatic carbocycles. The Hall–Kier alpha value is -1.46. The molecule has 2 aromatic heterocycles. The summed E-state index contributed by atoms with van der Waals surface area (Å²) in [6.45, 7) is 5.54. The number of aromatic nitrogens is 1. The van der Waals surface area contributed by atoms with E-state index in [-0.39, 0.29) is 11.9 Å². The third-order valence-electron chi connectivity index (χ3n) is 3.07. The van der Waals surface area contributed by atoms with Crippen molar-refractivity contribution in [2.75, 3.05) is 0 Å². The Kier molecular flexibility index (Phi) is 3.48. The van der Waals surface area contributed by atoms with Gasteiger partial charge in [-0.25, -0.2) is 4.98 Å². The molecule has 104 valence electrons. The minimum Gasteiger partial charge on any atom is -0.490 e. The van der Waals surface area contributed by atoms with Crippen LogP contribution in [0.1, 0.15) is 25.3 Å². The number of thiazole rings is 1. The van der Waals surface area contributed by atoms with Crippen molar-refractivity contribution in [3.05, 3.63) is 22.5 Å². The average molecular weight is 305 g/mol. The molecule has 20 heavy (non-hydrogen) atoms. The first-order valence-electron chi connectivity index (χ1n) is 6.48. The molecule has 0 aliphatic heterocycles. The SMILES string of the molecule is CC(=O)CC(C)Oc1cc2sc(C)nc2c2sccc12. The molecule has 0 N–H and O–H groups in total. The molecule has 0 radical (unpaired) electrons. The fourth-order valence-electron chi connectivity index (χ4n) is 2.35. The van der Waals surface area contributed by atoms with Crippen LogP contribution in [0.25, 0.3) is 20.3 Å². The molecular weight excluding hydrogens is 290 g/mol. The van der Waals surface area contributed by atoms with Crippen molar-refractivity contribution in [2.45, 2.75) is 33.3 Å². The first kappa shape index (κ1) is 13.5. The van der Waals surface area contributed by atoms with Crippen LogP contribution < -0.4 is 4.74 Å². The van der Waals surface area contributed by atoms with Crippen LogP contribution in [0, 0.1) is 6.92 Å². The van der Waals surface area contributed by atoms with Gasteiger partial charge >= 0.3 is 0 Å². The van der Waals surface area contributed by atoms with Crippen LogP contribution in [0.5, 0.6) is 5.75 Å². The standard InChI is InChI=1S/C15H15NO2S2/c1-8(17)6-9(2)18-12-7-13-14(16-10(3)20-13)15-11(12)4-5-19-15/h4-5,7,9H,6H2,1-3H3. The zero-order valence-electron chi connectivity index (χ0n) is 11.6. The third kappa shape index (κ3) is 2.43. The number of hydrogen-bond donors (Lipinski definition) is 0. The minimum absolute atomic E-state index is 0.109. The van der Waals surface area contributed by atoms with E-state index in [4.69, 9.17) is 4.74 Å². The number of rotatable bonds is 4. The fourth-order valence-corrected chi connectivity index (χ4v) is 4.18. The van der Waals surface area contributed by atoms with Crippen molar-refractivity contribution in [3.8, 4) is 5.75 Å². The molecule has 1 aromatic carbocycles. The number of thiophene rings is 1. The summed E-state index contributed by atoms with van der Waals surface area (Å²) in [5.74, 6) is 1.000. The number of ether oxygens (including phenoxy) is 1. The van der Waals surface area contributed by atoms with Crippen molar-refractivity contribution in [3.63, 3.8) is 0 Å². The van der Waals surface area contributed by atoms with Crippen LogP contribution in [-0.4, -0.2) is 16.9 Å². The number of fused-ring (bicyclic) bond motifs is 3. The van der Waals surface area contributed by atoms with E-state index >= 15 is 0 Å². The van der Waals surface area contributed by atoms with Gasteiger partial charge in [0.1, 0.15) is 17.6 Å². The van der Waals surface area contributed by atoms with E-state index in [0.29, 0.717) is 6.42 Å². The number of benzene rings is 1. The van der Waals surface area contributed by atoms with Crippen LogP contribution >= 0.6 is 22.7 Å². The van der Waals surface area contributed by atoms with Gasteiger partial charge in [-0.15, -0.1) is 22.7 Å². The van der Waals surface area contributed by atoms with E-state index in [9.17, 15) is 4.79 Å². The molecular formula is C15H15NO2S2. The molecule has 0 amide bonds. The highest BCUT2D eigenvalue weighted by Gasteiger charge is 2.15. The molecule has 2 heterocycles. The highest BCUT2D eigenvalue weighted by Crippen LogP contribution is 2.39. The third-order valence-corrected chi connectivity index (χ3v) is 4.91. The molecule has 1 unspecified atom stereocenters. The number of carbonyl (C=O) groups excluding carboxylic acids is 1. The molecule has 0 saturated carbocycles. The van der Waals surface area contributed by atoms with E-state index < -0.39 is 0 Å². The smallest absolute Gasteiger partial charge is 0.133 e. The predicted octanol–water partition coefficient (Wildman–Crippen LogP) is 4.57. The molecule has 0 aliphatic rings. The molecule has 0 bridgehead atoms. The Morgan fingerprint density at radius 2 is 2.30 bits per heavy atom. The number of Topliss-reactive ketones (excluding diaryl/α,β-unsaturated/α-hetero) is 1. The van der Waals surface area contributed by atoms with Crippen LogP contribution in [0.15, 0.2) is 17.5 Å². The number of carbonyl (C=O) groups is 1. The van der Waals surface area contributed by atoms with Crippen LogP contribution in [0.3, 0.4) is 0 Å². The summed E-state index contributed by atoms with van der Waals surface area (Å²) in [7, 11) is 0. The summed E-state index contributed by atoms with van der Waals surface area (Å²) in [6.07, 6.45) is 0.327. The molecule has 0 fully saturated rings. The van der Waals surface area contributed by atoms with Crippen molar-refractivity contribution >= 4 is 48.8 Å². The molecule has 1 atom stereocenters. The highest BCUT2D eigenvalue weighted by atomic mass is 32.1. The largest absolute Gasteiger partial charge is 0.490 e. The predicted molar refractivity (Wildman–Crippen MR) is 85.1 cm³/mol. The van der Waals surface area contributed by atoms with E-state index in [1.54, 1.807) is 29.6 Å². The average Bonchev–Trinajstić information content (AvgIpc) is 2.92. The van der Waals surface area contributed by atoms with Crippen LogP contribution in [0.2, 0.25) is 0 Å². The Morgan fingerprint density at radius 3 is 3.05 bits per heavy atom. The Labute approximate surface area is 125 Å². The zero-order valence-corrected chi connectivity index (χ0v) is 13.2. The van der Waals surface area contributed by atoms with E-state index in [1.165, 1.54) is 0 Å². The topological polar surface area (TPSA) is 39.2 Å². The number of ketones is 1. The Morgan fingerprint density at radius 1 is 1.50 bits per heavy atom. The van der Waals surface area contributed by atoms with Crippen LogP contribution in [0.4, 0.5) is 0 Å². The second-order valence-corrected chi connectivity index (χ2v) is 7.10. The summed E-state index contributed by atoms with van der Waals surface area (Å²) in [5, 5.41) is 4.20. The summed E-state index contributed by atoms with van der Waals surface area (Å²) in [4.78, 5) is 15.8. The normalized spacial score (nSPS) is 12.9. The van der Waals surface area contributed by atoms with Gasteiger partial charge in [-0.1, -0.05) is 0 Å². The number of nitrogens with zero attached hydrogens (tertiary/aromatic N) is 1.